The monoisotopic (exact) mass is 201 g/mol. The van der Waals surface area contributed by atoms with E-state index >= 15 is 0 Å². The van der Waals surface area contributed by atoms with Gasteiger partial charge in [0, 0.05) is 5.92 Å². The molecule has 0 radical (unpaired) electrons. The molecule has 2 atom stereocenters. The number of carbonyl (C=O) groups excluding carboxylic acids is 1. The highest BCUT2D eigenvalue weighted by Gasteiger charge is 2.19. The van der Waals surface area contributed by atoms with Crippen molar-refractivity contribution >= 4 is 5.91 Å². The van der Waals surface area contributed by atoms with Crippen LogP contribution in [0.1, 0.15) is 41.0 Å². The van der Waals surface area contributed by atoms with Crippen molar-refractivity contribution in [2.45, 2.75) is 53.2 Å². The zero-order chi connectivity index (χ0) is 11.3. The van der Waals surface area contributed by atoms with Crippen LogP contribution >= 0.6 is 0 Å². The van der Waals surface area contributed by atoms with Gasteiger partial charge in [-0.05, 0) is 19.3 Å². The number of hydrogen-bond donors (Lipinski definition) is 2. The molecule has 0 aromatic carbocycles. The largest absolute Gasteiger partial charge is 0.391 e. The molecule has 0 aromatic heterocycles. The predicted molar refractivity (Wildman–Crippen MR) is 57.9 cm³/mol. The fraction of sp³-hybridized carbons (Fsp3) is 0.909. The topological polar surface area (TPSA) is 49.3 Å². The van der Waals surface area contributed by atoms with Gasteiger partial charge in [-0.3, -0.25) is 4.79 Å². The molecule has 0 rings (SSSR count). The fourth-order valence-electron chi connectivity index (χ4n) is 1.23. The number of nitrogens with one attached hydrogen (secondary N) is 1. The van der Waals surface area contributed by atoms with Gasteiger partial charge in [0.25, 0.3) is 0 Å². The van der Waals surface area contributed by atoms with E-state index in [2.05, 4.69) is 19.2 Å². The number of rotatable bonds is 5. The van der Waals surface area contributed by atoms with E-state index in [-0.39, 0.29) is 17.9 Å². The first-order valence-electron chi connectivity index (χ1n) is 5.33. The second kappa shape index (κ2) is 6.02. The standard InChI is InChI=1S/C11H23NO2/c1-7(2)6-10(9(5)13)12-11(14)8(3)4/h7-10,13H,6H2,1-5H3,(H,12,14). The van der Waals surface area contributed by atoms with Crippen molar-refractivity contribution in [3.63, 3.8) is 0 Å². The lowest BCUT2D eigenvalue weighted by Gasteiger charge is -2.24. The molecule has 1 amide bonds. The third-order valence-electron chi connectivity index (χ3n) is 2.16. The molecule has 0 heterocycles. The molecule has 0 bridgehead atoms. The van der Waals surface area contributed by atoms with Crippen molar-refractivity contribution in [1.29, 1.82) is 0 Å². The van der Waals surface area contributed by atoms with E-state index in [1.54, 1.807) is 6.92 Å². The highest BCUT2D eigenvalue weighted by Crippen LogP contribution is 2.09. The van der Waals surface area contributed by atoms with E-state index in [1.165, 1.54) is 0 Å². The SMILES string of the molecule is CC(C)CC(NC(=O)C(C)C)C(C)O. The minimum absolute atomic E-state index is 0.0107. The first-order chi connectivity index (χ1) is 6.34. The highest BCUT2D eigenvalue weighted by molar-refractivity contribution is 5.78. The van der Waals surface area contributed by atoms with Crippen LogP contribution in [0.25, 0.3) is 0 Å². The summed E-state index contributed by atoms with van der Waals surface area (Å²) in [4.78, 5) is 11.4. The fourth-order valence-corrected chi connectivity index (χ4v) is 1.23. The van der Waals surface area contributed by atoms with E-state index in [4.69, 9.17) is 0 Å². The second-order valence-corrected chi connectivity index (χ2v) is 4.64. The molecule has 3 heteroatoms. The molecule has 0 saturated heterocycles. The van der Waals surface area contributed by atoms with Crippen molar-refractivity contribution in [3.05, 3.63) is 0 Å². The Morgan fingerprint density at radius 1 is 1.21 bits per heavy atom. The molecule has 0 spiro atoms. The average molecular weight is 201 g/mol. The summed E-state index contributed by atoms with van der Waals surface area (Å²) in [6.45, 7) is 9.58. The molecule has 14 heavy (non-hydrogen) atoms. The molecule has 84 valence electrons. The van der Waals surface area contributed by atoms with Crippen LogP contribution in [0.4, 0.5) is 0 Å². The van der Waals surface area contributed by atoms with Gasteiger partial charge in [-0.25, -0.2) is 0 Å². The van der Waals surface area contributed by atoms with Crippen molar-refractivity contribution in [2.24, 2.45) is 11.8 Å². The molecule has 0 aromatic rings. The zero-order valence-electron chi connectivity index (χ0n) is 9.87. The lowest BCUT2D eigenvalue weighted by molar-refractivity contribution is -0.125. The molecule has 2 N–H and O–H groups in total. The molecule has 0 saturated carbocycles. The molecule has 0 aliphatic rings. The van der Waals surface area contributed by atoms with Gasteiger partial charge in [-0.2, -0.15) is 0 Å². The first-order valence-corrected chi connectivity index (χ1v) is 5.33. The normalized spacial score (nSPS) is 15.7. The van der Waals surface area contributed by atoms with Crippen LogP contribution in [0.2, 0.25) is 0 Å². The van der Waals surface area contributed by atoms with Gasteiger partial charge in [0.05, 0.1) is 12.1 Å². The van der Waals surface area contributed by atoms with Crippen molar-refractivity contribution in [2.75, 3.05) is 0 Å². The Balaban J connectivity index is 4.16. The average Bonchev–Trinajstić information content (AvgIpc) is 2.01. The summed E-state index contributed by atoms with van der Waals surface area (Å²) in [6.07, 6.45) is 0.330. The zero-order valence-corrected chi connectivity index (χ0v) is 9.87. The van der Waals surface area contributed by atoms with E-state index in [0.717, 1.165) is 6.42 Å². The Morgan fingerprint density at radius 3 is 2.00 bits per heavy atom. The molecule has 0 aliphatic carbocycles. The molecular weight excluding hydrogens is 178 g/mol. The van der Waals surface area contributed by atoms with Crippen LogP contribution in [0.3, 0.4) is 0 Å². The number of carbonyl (C=O) groups is 1. The van der Waals surface area contributed by atoms with Gasteiger partial charge < -0.3 is 10.4 Å². The number of amides is 1. The summed E-state index contributed by atoms with van der Waals surface area (Å²) in [5, 5.41) is 12.3. The summed E-state index contributed by atoms with van der Waals surface area (Å²) in [7, 11) is 0. The van der Waals surface area contributed by atoms with Crippen LogP contribution in [-0.2, 0) is 4.79 Å². The Hall–Kier alpha value is -0.570. The minimum atomic E-state index is -0.486. The third-order valence-corrected chi connectivity index (χ3v) is 2.16. The molecule has 0 aliphatic heterocycles. The maximum atomic E-state index is 11.4. The molecule has 3 nitrogen and oxygen atoms in total. The quantitative estimate of drug-likeness (QED) is 0.709. The van der Waals surface area contributed by atoms with E-state index in [9.17, 15) is 9.90 Å². The Labute approximate surface area is 86.9 Å². The van der Waals surface area contributed by atoms with Crippen LogP contribution in [0, 0.1) is 11.8 Å². The van der Waals surface area contributed by atoms with Crippen molar-refractivity contribution in [3.8, 4) is 0 Å². The smallest absolute Gasteiger partial charge is 0.222 e. The third kappa shape index (κ3) is 5.22. The lowest BCUT2D eigenvalue weighted by Crippen LogP contribution is -2.44. The number of aliphatic hydroxyl groups is 1. The summed E-state index contributed by atoms with van der Waals surface area (Å²) in [5.74, 6) is 0.460. The van der Waals surface area contributed by atoms with Crippen LogP contribution in [-0.4, -0.2) is 23.2 Å². The Kier molecular flexibility index (Phi) is 5.77. The van der Waals surface area contributed by atoms with E-state index < -0.39 is 6.10 Å². The number of aliphatic hydroxyl groups excluding tert-OH is 1. The van der Waals surface area contributed by atoms with Gasteiger partial charge in [0.2, 0.25) is 5.91 Å². The van der Waals surface area contributed by atoms with Crippen molar-refractivity contribution < 1.29 is 9.90 Å². The minimum Gasteiger partial charge on any atom is -0.391 e. The molecule has 0 fully saturated rings. The maximum Gasteiger partial charge on any atom is 0.222 e. The van der Waals surface area contributed by atoms with Crippen LogP contribution in [0.15, 0.2) is 0 Å². The second-order valence-electron chi connectivity index (χ2n) is 4.64. The lowest BCUT2D eigenvalue weighted by atomic mass is 9.99. The summed E-state index contributed by atoms with van der Waals surface area (Å²) in [5.41, 5.74) is 0. The highest BCUT2D eigenvalue weighted by atomic mass is 16.3. The van der Waals surface area contributed by atoms with E-state index in [1.807, 2.05) is 13.8 Å². The first kappa shape index (κ1) is 13.4. The van der Waals surface area contributed by atoms with Crippen molar-refractivity contribution in [1.82, 2.24) is 5.32 Å². The Morgan fingerprint density at radius 2 is 1.71 bits per heavy atom. The summed E-state index contributed by atoms with van der Waals surface area (Å²) < 4.78 is 0. The van der Waals surface area contributed by atoms with E-state index in [0.29, 0.717) is 5.92 Å². The van der Waals surface area contributed by atoms with Crippen LogP contribution < -0.4 is 5.32 Å². The molecule has 2 unspecified atom stereocenters. The maximum absolute atomic E-state index is 11.4. The predicted octanol–water partition coefficient (Wildman–Crippen LogP) is 1.55. The van der Waals surface area contributed by atoms with Gasteiger partial charge in [0.15, 0.2) is 0 Å². The van der Waals surface area contributed by atoms with Crippen LogP contribution in [0.5, 0.6) is 0 Å². The van der Waals surface area contributed by atoms with Gasteiger partial charge in [-0.15, -0.1) is 0 Å². The summed E-state index contributed by atoms with van der Waals surface area (Å²) >= 11 is 0. The Bertz CT molecular complexity index is 176. The van der Waals surface area contributed by atoms with Gasteiger partial charge in [-0.1, -0.05) is 27.7 Å². The molecular formula is C11H23NO2. The van der Waals surface area contributed by atoms with Gasteiger partial charge in [0.1, 0.15) is 0 Å². The van der Waals surface area contributed by atoms with Gasteiger partial charge >= 0.3 is 0 Å². The summed E-state index contributed by atoms with van der Waals surface area (Å²) in [6, 6.07) is -0.120. The number of hydrogen-bond acceptors (Lipinski definition) is 2.